The average Bonchev–Trinajstić information content (AvgIpc) is 2.28. The highest BCUT2D eigenvalue weighted by molar-refractivity contribution is 7.90. The maximum atomic E-state index is 11.8. The summed E-state index contributed by atoms with van der Waals surface area (Å²) >= 11 is 0. The first-order chi connectivity index (χ1) is 8.16. The number of hydrogen-bond acceptors (Lipinski definition) is 5. The maximum absolute atomic E-state index is 11.8. The number of carbonyl (C=O) groups excluding carboxylic acids is 1. The van der Waals surface area contributed by atoms with Gasteiger partial charge in [0.2, 0.25) is 5.91 Å². The summed E-state index contributed by atoms with van der Waals surface area (Å²) in [6.07, 6.45) is 2.38. The summed E-state index contributed by atoms with van der Waals surface area (Å²) in [6.45, 7) is 3.66. The van der Waals surface area contributed by atoms with Gasteiger partial charge in [0.25, 0.3) is 0 Å². The van der Waals surface area contributed by atoms with Crippen molar-refractivity contribution in [2.45, 2.75) is 18.9 Å². The van der Waals surface area contributed by atoms with E-state index in [9.17, 15) is 13.2 Å². The van der Waals surface area contributed by atoms with Gasteiger partial charge < -0.3 is 11.1 Å². The van der Waals surface area contributed by atoms with Crippen molar-refractivity contribution in [1.29, 1.82) is 0 Å². The highest BCUT2D eigenvalue weighted by atomic mass is 32.2. The Morgan fingerprint density at radius 3 is 2.44 bits per heavy atom. The normalized spacial score (nSPS) is 12.2. The fourth-order valence-corrected chi connectivity index (χ4v) is 1.63. The molecule has 6 nitrogen and oxygen atoms in total. The Balaban J connectivity index is 2.86. The summed E-state index contributed by atoms with van der Waals surface area (Å²) in [5.41, 5.74) is 5.24. The molecule has 0 bridgehead atoms. The number of rotatable bonds is 4. The van der Waals surface area contributed by atoms with Crippen molar-refractivity contribution in [1.82, 2.24) is 4.98 Å². The van der Waals surface area contributed by atoms with Gasteiger partial charge in [0.15, 0.2) is 14.9 Å². The van der Waals surface area contributed by atoms with E-state index in [0.717, 1.165) is 6.26 Å². The lowest BCUT2D eigenvalue weighted by Crippen LogP contribution is -2.37. The van der Waals surface area contributed by atoms with Crippen LogP contribution < -0.4 is 11.1 Å². The largest absolute Gasteiger partial charge is 0.329 e. The van der Waals surface area contributed by atoms with Crippen LogP contribution in [0.4, 0.5) is 5.69 Å². The summed E-state index contributed by atoms with van der Waals surface area (Å²) in [7, 11) is -3.32. The first kappa shape index (κ1) is 14.6. The summed E-state index contributed by atoms with van der Waals surface area (Å²) in [5.74, 6) is -0.237. The van der Waals surface area contributed by atoms with Crippen LogP contribution in [0.15, 0.2) is 23.4 Å². The molecule has 1 aromatic heterocycles. The molecule has 18 heavy (non-hydrogen) atoms. The van der Waals surface area contributed by atoms with E-state index in [0.29, 0.717) is 5.69 Å². The van der Waals surface area contributed by atoms with Crippen LogP contribution in [0.25, 0.3) is 0 Å². The van der Waals surface area contributed by atoms with Gasteiger partial charge in [-0.3, -0.25) is 4.79 Å². The number of pyridine rings is 1. The molecule has 0 aliphatic rings. The van der Waals surface area contributed by atoms with Gasteiger partial charge in [0, 0.05) is 12.8 Å². The zero-order valence-electron chi connectivity index (χ0n) is 10.6. The number of carbonyl (C=O) groups is 1. The molecule has 0 atom stereocenters. The SMILES string of the molecule is CC(C)(CN)C(=O)Nc1ccc(S(C)(=O)=O)nc1. The zero-order valence-corrected chi connectivity index (χ0v) is 11.4. The number of hydrogen-bond donors (Lipinski definition) is 2. The van der Waals surface area contributed by atoms with E-state index in [4.69, 9.17) is 5.73 Å². The molecular formula is C11H17N3O3S. The lowest BCUT2D eigenvalue weighted by molar-refractivity contribution is -0.123. The molecule has 0 saturated carbocycles. The van der Waals surface area contributed by atoms with Gasteiger partial charge in [-0.25, -0.2) is 13.4 Å². The molecule has 3 N–H and O–H groups in total. The summed E-state index contributed by atoms with van der Waals surface area (Å²) < 4.78 is 22.4. The van der Waals surface area contributed by atoms with Crippen LogP contribution in [0, 0.1) is 5.41 Å². The zero-order chi connectivity index (χ0) is 14.0. The third-order valence-corrected chi connectivity index (χ3v) is 3.50. The molecule has 0 aromatic carbocycles. The summed E-state index contributed by atoms with van der Waals surface area (Å²) in [5, 5.41) is 2.61. The van der Waals surface area contributed by atoms with Crippen LogP contribution in [-0.2, 0) is 14.6 Å². The average molecular weight is 271 g/mol. The van der Waals surface area contributed by atoms with Crippen molar-refractivity contribution in [2.24, 2.45) is 11.1 Å². The number of amides is 1. The second-order valence-electron chi connectivity index (χ2n) is 4.70. The second kappa shape index (κ2) is 5.03. The molecule has 0 radical (unpaired) electrons. The van der Waals surface area contributed by atoms with Crippen LogP contribution >= 0.6 is 0 Å². The molecule has 0 unspecified atom stereocenters. The smallest absolute Gasteiger partial charge is 0.231 e. The van der Waals surface area contributed by atoms with E-state index in [1.807, 2.05) is 0 Å². The van der Waals surface area contributed by atoms with Crippen LogP contribution in [0.1, 0.15) is 13.8 Å². The quantitative estimate of drug-likeness (QED) is 0.825. The van der Waals surface area contributed by atoms with Gasteiger partial charge in [-0.05, 0) is 26.0 Å². The Kier molecular flexibility index (Phi) is 4.08. The van der Waals surface area contributed by atoms with Gasteiger partial charge in [-0.15, -0.1) is 0 Å². The fourth-order valence-electron chi connectivity index (χ4n) is 1.07. The Bertz CT molecular complexity index is 535. The van der Waals surface area contributed by atoms with Crippen LogP contribution in [0.3, 0.4) is 0 Å². The van der Waals surface area contributed by atoms with Crippen molar-refractivity contribution < 1.29 is 13.2 Å². The number of nitrogens with two attached hydrogens (primary N) is 1. The predicted octanol–water partition coefficient (Wildman–Crippen LogP) is 0.408. The van der Waals surface area contributed by atoms with Crippen LogP contribution in [0.2, 0.25) is 0 Å². The van der Waals surface area contributed by atoms with Gasteiger partial charge in [0.1, 0.15) is 0 Å². The van der Waals surface area contributed by atoms with E-state index >= 15 is 0 Å². The molecule has 7 heteroatoms. The van der Waals surface area contributed by atoms with E-state index in [-0.39, 0.29) is 17.5 Å². The predicted molar refractivity (Wildman–Crippen MR) is 68.8 cm³/mol. The number of aromatic nitrogens is 1. The maximum Gasteiger partial charge on any atom is 0.231 e. The molecule has 1 aromatic rings. The van der Waals surface area contributed by atoms with Crippen molar-refractivity contribution in [3.05, 3.63) is 18.3 Å². The molecule has 100 valence electrons. The Hall–Kier alpha value is -1.47. The molecule has 1 amide bonds. The Morgan fingerprint density at radius 2 is 2.06 bits per heavy atom. The number of nitrogens with one attached hydrogen (secondary N) is 1. The van der Waals surface area contributed by atoms with Gasteiger partial charge in [-0.1, -0.05) is 0 Å². The molecule has 1 heterocycles. The molecule has 0 saturated heterocycles. The lowest BCUT2D eigenvalue weighted by Gasteiger charge is -2.21. The van der Waals surface area contributed by atoms with Gasteiger partial charge in [0.05, 0.1) is 17.3 Å². The number of nitrogens with zero attached hydrogens (tertiary/aromatic N) is 1. The van der Waals surface area contributed by atoms with Crippen molar-refractivity contribution >= 4 is 21.4 Å². The Morgan fingerprint density at radius 1 is 1.44 bits per heavy atom. The third kappa shape index (κ3) is 3.51. The first-order valence-corrected chi connectivity index (χ1v) is 7.23. The van der Waals surface area contributed by atoms with Crippen molar-refractivity contribution in [2.75, 3.05) is 18.1 Å². The lowest BCUT2D eigenvalue weighted by atomic mass is 9.93. The van der Waals surface area contributed by atoms with E-state index in [2.05, 4.69) is 10.3 Å². The van der Waals surface area contributed by atoms with Crippen LogP contribution in [0.5, 0.6) is 0 Å². The van der Waals surface area contributed by atoms with E-state index in [1.165, 1.54) is 18.3 Å². The highest BCUT2D eigenvalue weighted by Gasteiger charge is 2.25. The minimum atomic E-state index is -3.32. The minimum Gasteiger partial charge on any atom is -0.329 e. The third-order valence-electron chi connectivity index (χ3n) is 2.50. The van der Waals surface area contributed by atoms with Crippen molar-refractivity contribution in [3.63, 3.8) is 0 Å². The van der Waals surface area contributed by atoms with Crippen molar-refractivity contribution in [3.8, 4) is 0 Å². The summed E-state index contributed by atoms with van der Waals surface area (Å²) in [4.78, 5) is 15.6. The number of sulfone groups is 1. The standard InChI is InChI=1S/C11H17N3O3S/c1-11(2,7-12)10(15)14-8-4-5-9(13-6-8)18(3,16)17/h4-6H,7,12H2,1-3H3,(H,14,15). The molecule has 1 rings (SSSR count). The van der Waals surface area contributed by atoms with Crippen LogP contribution in [-0.4, -0.2) is 32.1 Å². The Labute approximate surface area is 107 Å². The van der Waals surface area contributed by atoms with E-state index in [1.54, 1.807) is 13.8 Å². The topological polar surface area (TPSA) is 102 Å². The minimum absolute atomic E-state index is 0.0291. The van der Waals surface area contributed by atoms with E-state index < -0.39 is 15.3 Å². The van der Waals surface area contributed by atoms with Gasteiger partial charge in [-0.2, -0.15) is 0 Å². The highest BCUT2D eigenvalue weighted by Crippen LogP contribution is 2.17. The summed E-state index contributed by atoms with van der Waals surface area (Å²) in [6, 6.07) is 2.84. The molecule has 0 aliphatic heterocycles. The molecule has 0 fully saturated rings. The first-order valence-electron chi connectivity index (χ1n) is 5.34. The molecule has 0 spiro atoms. The monoisotopic (exact) mass is 271 g/mol. The number of anilines is 1. The van der Waals surface area contributed by atoms with Gasteiger partial charge >= 0.3 is 0 Å². The fraction of sp³-hybridized carbons (Fsp3) is 0.455. The molecular weight excluding hydrogens is 254 g/mol. The second-order valence-corrected chi connectivity index (χ2v) is 6.66. The molecule has 0 aliphatic carbocycles.